The first-order chi connectivity index (χ1) is 11.0. The number of hydrogen-bond donors (Lipinski definition) is 4. The molecule has 23 heavy (non-hydrogen) atoms. The fourth-order valence-electron chi connectivity index (χ4n) is 2.42. The molecule has 0 radical (unpaired) electrons. The molecule has 3 rings (SSSR count). The van der Waals surface area contributed by atoms with Gasteiger partial charge in [0.15, 0.2) is 17.7 Å². The molecule has 1 aliphatic heterocycles. The van der Waals surface area contributed by atoms with Crippen molar-refractivity contribution >= 4 is 34.7 Å². The van der Waals surface area contributed by atoms with E-state index in [2.05, 4.69) is 15.0 Å². The highest BCUT2D eigenvalue weighted by atomic mass is 32.2. The molecule has 5 N–H and O–H groups in total. The van der Waals surface area contributed by atoms with Crippen LogP contribution < -0.4 is 5.73 Å². The van der Waals surface area contributed by atoms with Gasteiger partial charge < -0.3 is 25.8 Å². The summed E-state index contributed by atoms with van der Waals surface area (Å²) >= 11 is 1.10. The zero-order valence-electron chi connectivity index (χ0n) is 11.8. The average molecular weight is 341 g/mol. The molecule has 124 valence electrons. The lowest BCUT2D eigenvalue weighted by Gasteiger charge is -2.16. The highest BCUT2D eigenvalue weighted by Gasteiger charge is 2.44. The Kier molecular flexibility index (Phi) is 4.35. The predicted molar refractivity (Wildman–Crippen MR) is 80.6 cm³/mol. The van der Waals surface area contributed by atoms with Crippen molar-refractivity contribution in [2.45, 2.75) is 24.5 Å². The second-order valence-corrected chi connectivity index (χ2v) is 6.07. The van der Waals surface area contributed by atoms with Crippen LogP contribution >= 0.6 is 11.8 Å². The topological polar surface area (TPSA) is 157 Å². The Morgan fingerprint density at radius 3 is 2.87 bits per heavy atom. The molecular weight excluding hydrogens is 326 g/mol. The van der Waals surface area contributed by atoms with Crippen LogP contribution in [0.25, 0.3) is 11.2 Å². The van der Waals surface area contributed by atoms with Crippen LogP contribution in [0.5, 0.6) is 0 Å². The molecule has 0 bridgehead atoms. The molecule has 0 spiro atoms. The molecular formula is C12H15N5O5S. The second-order valence-electron chi connectivity index (χ2n) is 5.04. The number of nitrogens with zero attached hydrogens (tertiary/aromatic N) is 4. The molecule has 0 amide bonds. The number of nitrogens with two attached hydrogens (primary N) is 1. The molecule has 2 aromatic rings. The van der Waals surface area contributed by atoms with Gasteiger partial charge in [0, 0.05) is 5.75 Å². The zero-order valence-corrected chi connectivity index (χ0v) is 12.6. The Bertz CT molecular complexity index is 725. The maximum atomic E-state index is 10.5. The minimum absolute atomic E-state index is 0.106. The summed E-state index contributed by atoms with van der Waals surface area (Å²) in [5.74, 6) is -0.613. The van der Waals surface area contributed by atoms with Gasteiger partial charge in [0.2, 0.25) is 0 Å². The number of carboxylic acids is 1. The van der Waals surface area contributed by atoms with Crippen LogP contribution in [0.15, 0.2) is 12.7 Å². The molecule has 3 heterocycles. The number of carbonyl (C=O) groups is 1. The van der Waals surface area contributed by atoms with Crippen molar-refractivity contribution < 1.29 is 24.9 Å². The first-order valence-electron chi connectivity index (χ1n) is 6.73. The lowest BCUT2D eigenvalue weighted by atomic mass is 10.1. The number of aromatic nitrogens is 4. The molecule has 4 atom stereocenters. The molecule has 0 aromatic carbocycles. The van der Waals surface area contributed by atoms with Gasteiger partial charge in [-0.2, -0.15) is 0 Å². The molecule has 11 heteroatoms. The summed E-state index contributed by atoms with van der Waals surface area (Å²) in [4.78, 5) is 22.5. The first-order valence-corrected chi connectivity index (χ1v) is 7.88. The van der Waals surface area contributed by atoms with E-state index in [4.69, 9.17) is 15.6 Å². The average Bonchev–Trinajstić information content (AvgIpc) is 3.04. The number of anilines is 1. The summed E-state index contributed by atoms with van der Waals surface area (Å²) in [5, 5.41) is 28.9. The SMILES string of the molecule is Nc1ncnc2c1ncn2[C@@H]1O[C@H](CSCC(=O)O)C(O)C1O. The lowest BCUT2D eigenvalue weighted by molar-refractivity contribution is -0.133. The van der Waals surface area contributed by atoms with Crippen LogP contribution in [0.4, 0.5) is 5.82 Å². The minimum Gasteiger partial charge on any atom is -0.481 e. The number of ether oxygens (including phenoxy) is 1. The zero-order chi connectivity index (χ0) is 16.6. The van der Waals surface area contributed by atoms with Crippen molar-refractivity contribution in [2.75, 3.05) is 17.2 Å². The summed E-state index contributed by atoms with van der Waals surface area (Å²) < 4.78 is 7.14. The molecule has 10 nitrogen and oxygen atoms in total. The summed E-state index contributed by atoms with van der Waals surface area (Å²) in [6.45, 7) is 0. The molecule has 2 aromatic heterocycles. The summed E-state index contributed by atoms with van der Waals surface area (Å²) in [6, 6.07) is 0. The quantitative estimate of drug-likeness (QED) is 0.523. The van der Waals surface area contributed by atoms with Gasteiger partial charge >= 0.3 is 5.97 Å². The van der Waals surface area contributed by atoms with E-state index < -0.39 is 30.5 Å². The van der Waals surface area contributed by atoms with E-state index in [1.165, 1.54) is 17.2 Å². The molecule has 1 saturated heterocycles. The van der Waals surface area contributed by atoms with E-state index in [-0.39, 0.29) is 17.3 Å². The number of imidazole rings is 1. The monoisotopic (exact) mass is 341 g/mol. The van der Waals surface area contributed by atoms with E-state index in [9.17, 15) is 15.0 Å². The maximum absolute atomic E-state index is 10.5. The number of aliphatic carboxylic acids is 1. The van der Waals surface area contributed by atoms with Gasteiger partial charge in [-0.1, -0.05) is 0 Å². The molecule has 0 aliphatic carbocycles. The smallest absolute Gasteiger partial charge is 0.313 e. The third-order valence-electron chi connectivity index (χ3n) is 3.51. The first kappa shape index (κ1) is 15.9. The molecule has 1 fully saturated rings. The Hall–Kier alpha value is -1.95. The fourth-order valence-corrected chi connectivity index (χ4v) is 3.22. The van der Waals surface area contributed by atoms with Gasteiger partial charge in [0.1, 0.15) is 24.1 Å². The Morgan fingerprint density at radius 2 is 2.13 bits per heavy atom. The van der Waals surface area contributed by atoms with Gasteiger partial charge in [0.25, 0.3) is 0 Å². The van der Waals surface area contributed by atoms with E-state index in [1.807, 2.05) is 0 Å². The van der Waals surface area contributed by atoms with E-state index in [0.717, 1.165) is 11.8 Å². The molecule has 1 aliphatic rings. The van der Waals surface area contributed by atoms with Crippen molar-refractivity contribution in [3.05, 3.63) is 12.7 Å². The summed E-state index contributed by atoms with van der Waals surface area (Å²) in [5.41, 5.74) is 6.47. The second kappa shape index (κ2) is 6.28. The van der Waals surface area contributed by atoms with Crippen LogP contribution in [-0.2, 0) is 9.53 Å². The number of carboxylic acid groups (broad SMARTS) is 1. The van der Waals surface area contributed by atoms with Crippen LogP contribution in [0.1, 0.15) is 6.23 Å². The largest absolute Gasteiger partial charge is 0.481 e. The predicted octanol–water partition coefficient (Wildman–Crippen LogP) is -1.15. The van der Waals surface area contributed by atoms with Gasteiger partial charge in [-0.25, -0.2) is 15.0 Å². The molecule has 2 unspecified atom stereocenters. The van der Waals surface area contributed by atoms with Crippen LogP contribution in [0.3, 0.4) is 0 Å². The number of thioether (sulfide) groups is 1. The van der Waals surface area contributed by atoms with Gasteiger partial charge in [-0.05, 0) is 0 Å². The van der Waals surface area contributed by atoms with E-state index in [1.54, 1.807) is 0 Å². The van der Waals surface area contributed by atoms with Crippen molar-refractivity contribution in [1.29, 1.82) is 0 Å². The minimum atomic E-state index is -1.20. The summed E-state index contributed by atoms with van der Waals surface area (Å²) in [6.07, 6.45) is -1.25. The van der Waals surface area contributed by atoms with Gasteiger partial charge in [0.05, 0.1) is 18.2 Å². The van der Waals surface area contributed by atoms with Crippen LogP contribution in [-0.4, -0.2) is 70.6 Å². The van der Waals surface area contributed by atoms with Crippen molar-refractivity contribution in [3.63, 3.8) is 0 Å². The normalized spacial score (nSPS) is 27.6. The maximum Gasteiger partial charge on any atom is 0.313 e. The highest BCUT2D eigenvalue weighted by Crippen LogP contribution is 2.33. The Morgan fingerprint density at radius 1 is 1.35 bits per heavy atom. The third-order valence-corrected chi connectivity index (χ3v) is 4.52. The van der Waals surface area contributed by atoms with Crippen molar-refractivity contribution in [3.8, 4) is 0 Å². The summed E-state index contributed by atoms with van der Waals surface area (Å²) in [7, 11) is 0. The Balaban J connectivity index is 1.80. The fraction of sp³-hybridized carbons (Fsp3) is 0.500. The van der Waals surface area contributed by atoms with E-state index >= 15 is 0 Å². The number of hydrogen-bond acceptors (Lipinski definition) is 9. The number of rotatable bonds is 5. The van der Waals surface area contributed by atoms with Crippen LogP contribution in [0.2, 0.25) is 0 Å². The number of aliphatic hydroxyl groups is 2. The third kappa shape index (κ3) is 2.95. The molecule has 0 saturated carbocycles. The Labute approximate surface area is 134 Å². The standard InChI is InChI=1S/C12H15N5O5S/c13-10-7-11(15-3-14-10)17(4-16-7)12-9(21)8(20)5(22-12)1-23-2-6(18)19/h3-5,8-9,12,20-21H,1-2H2,(H,18,19)(H2,13,14,15)/t5-,8?,9?,12-/m1/s1. The van der Waals surface area contributed by atoms with E-state index in [0.29, 0.717) is 11.2 Å². The number of aliphatic hydroxyl groups excluding tert-OH is 2. The number of fused-ring (bicyclic) bond motifs is 1. The van der Waals surface area contributed by atoms with Crippen LogP contribution in [0, 0.1) is 0 Å². The lowest BCUT2D eigenvalue weighted by Crippen LogP contribution is -2.32. The van der Waals surface area contributed by atoms with Crippen molar-refractivity contribution in [1.82, 2.24) is 19.5 Å². The van der Waals surface area contributed by atoms with Gasteiger partial charge in [-0.15, -0.1) is 11.8 Å². The van der Waals surface area contributed by atoms with Crippen molar-refractivity contribution in [2.24, 2.45) is 0 Å². The highest BCUT2D eigenvalue weighted by molar-refractivity contribution is 7.99. The van der Waals surface area contributed by atoms with Gasteiger partial charge in [-0.3, -0.25) is 9.36 Å². The number of nitrogen functional groups attached to an aromatic ring is 1.